The largest absolute Gasteiger partial charge is 0.492 e. The van der Waals surface area contributed by atoms with Crippen LogP contribution in [0.3, 0.4) is 0 Å². The number of alkyl halides is 1. The molecule has 1 saturated heterocycles. The quantitative estimate of drug-likeness (QED) is 0.331. The molecule has 2 aromatic carbocycles. The summed E-state index contributed by atoms with van der Waals surface area (Å²) in [7, 11) is 0. The number of cyclic esters (lactones) is 1. The molecule has 3 atom stereocenters. The monoisotopic (exact) mass is 526 g/mol. The van der Waals surface area contributed by atoms with Crippen LogP contribution in [0.5, 0.6) is 5.75 Å². The Hall–Kier alpha value is -3.13. The third kappa shape index (κ3) is 5.86. The molecule has 2 heterocycles. The van der Waals surface area contributed by atoms with Crippen LogP contribution in [0.2, 0.25) is 0 Å². The Morgan fingerprint density at radius 1 is 1.18 bits per heavy atom. The molecule has 178 valence electrons. The van der Waals surface area contributed by atoms with Gasteiger partial charge in [-0.25, -0.2) is 9.69 Å². The van der Waals surface area contributed by atoms with Crippen LogP contribution in [-0.4, -0.2) is 46.1 Å². The van der Waals surface area contributed by atoms with Crippen molar-refractivity contribution in [2.24, 2.45) is 0 Å². The number of rotatable bonds is 10. The Morgan fingerprint density at radius 2 is 1.94 bits per heavy atom. The molecular weight excluding hydrogens is 500 g/mol. The third-order valence-electron chi connectivity index (χ3n) is 5.89. The normalized spacial score (nSPS) is 17.3. The molecule has 0 N–H and O–H groups in total. The first kappa shape index (κ1) is 24.0. The summed E-state index contributed by atoms with van der Waals surface area (Å²) in [6.45, 7) is 2.85. The molecule has 3 aromatic rings. The Balaban J connectivity index is 1.50. The molecule has 0 aliphatic carbocycles. The molecule has 1 aromatic heterocycles. The lowest BCUT2D eigenvalue weighted by atomic mass is 9.91. The average Bonchev–Trinajstić information content (AvgIpc) is 3.52. The van der Waals surface area contributed by atoms with Crippen molar-refractivity contribution in [2.45, 2.75) is 43.0 Å². The van der Waals surface area contributed by atoms with E-state index in [4.69, 9.17) is 14.0 Å². The van der Waals surface area contributed by atoms with Gasteiger partial charge < -0.3 is 14.0 Å². The first-order chi connectivity index (χ1) is 16.5. The van der Waals surface area contributed by atoms with Crippen molar-refractivity contribution in [1.82, 2.24) is 10.1 Å². The molecule has 8 heteroatoms. The number of hydrogen-bond donors (Lipinski definition) is 0. The fraction of sp³-hybridized carbons (Fsp3) is 0.346. The number of carbonyl (C=O) groups is 2. The molecule has 0 spiro atoms. The van der Waals surface area contributed by atoms with Crippen molar-refractivity contribution in [3.05, 3.63) is 83.7 Å². The first-order valence-electron chi connectivity index (χ1n) is 11.3. The lowest BCUT2D eigenvalue weighted by Gasteiger charge is -2.22. The molecule has 0 radical (unpaired) electrons. The number of ether oxygens (including phenoxy) is 2. The Bertz CT molecular complexity index is 1070. The Labute approximate surface area is 207 Å². The summed E-state index contributed by atoms with van der Waals surface area (Å²) >= 11 is 3.56. The number of halogens is 1. The zero-order chi connectivity index (χ0) is 23.9. The van der Waals surface area contributed by atoms with E-state index < -0.39 is 6.09 Å². The van der Waals surface area contributed by atoms with Crippen molar-refractivity contribution in [3.63, 3.8) is 0 Å². The number of benzene rings is 2. The van der Waals surface area contributed by atoms with Crippen molar-refractivity contribution >= 4 is 27.9 Å². The number of hydrogen-bond acceptors (Lipinski definition) is 6. The summed E-state index contributed by atoms with van der Waals surface area (Å²) in [5.41, 5.74) is 2.55. The van der Waals surface area contributed by atoms with Gasteiger partial charge >= 0.3 is 6.09 Å². The molecule has 4 rings (SSSR count). The molecule has 7 nitrogen and oxygen atoms in total. The highest BCUT2D eigenvalue weighted by atomic mass is 79.9. The van der Waals surface area contributed by atoms with E-state index in [1.165, 1.54) is 11.2 Å². The Kier molecular flexibility index (Phi) is 8.00. The van der Waals surface area contributed by atoms with Gasteiger partial charge in [-0.15, -0.1) is 0 Å². The number of amides is 2. The van der Waals surface area contributed by atoms with Gasteiger partial charge in [-0.05, 0) is 36.1 Å². The van der Waals surface area contributed by atoms with E-state index >= 15 is 0 Å². The predicted octanol–water partition coefficient (Wildman–Crippen LogP) is 5.34. The maximum atomic E-state index is 13.3. The van der Waals surface area contributed by atoms with Crippen molar-refractivity contribution in [3.8, 4) is 5.75 Å². The smallest absolute Gasteiger partial charge is 0.416 e. The van der Waals surface area contributed by atoms with E-state index in [0.717, 1.165) is 23.3 Å². The van der Waals surface area contributed by atoms with Gasteiger partial charge in [0, 0.05) is 23.2 Å². The summed E-state index contributed by atoms with van der Waals surface area (Å²) in [6, 6.07) is 18.8. The lowest BCUT2D eigenvalue weighted by Crippen LogP contribution is -2.40. The second-order valence-electron chi connectivity index (χ2n) is 8.25. The van der Waals surface area contributed by atoms with Crippen LogP contribution in [0.25, 0.3) is 0 Å². The molecule has 2 amide bonds. The van der Waals surface area contributed by atoms with Gasteiger partial charge in [-0.1, -0.05) is 70.5 Å². The molecule has 0 bridgehead atoms. The highest BCUT2D eigenvalue weighted by Crippen LogP contribution is 2.31. The molecule has 1 aliphatic rings. The van der Waals surface area contributed by atoms with Crippen LogP contribution in [0, 0.1) is 0 Å². The number of imide groups is 1. The van der Waals surface area contributed by atoms with Crippen LogP contribution in [0.15, 0.2) is 71.4 Å². The van der Waals surface area contributed by atoms with E-state index in [2.05, 4.69) is 28.0 Å². The molecule has 0 saturated carbocycles. The molecule has 1 fully saturated rings. The van der Waals surface area contributed by atoms with Gasteiger partial charge in [-0.2, -0.15) is 0 Å². The fourth-order valence-corrected chi connectivity index (χ4v) is 4.10. The summed E-state index contributed by atoms with van der Waals surface area (Å²) in [4.78, 5) is 27.3. The van der Waals surface area contributed by atoms with Crippen molar-refractivity contribution < 1.29 is 23.6 Å². The van der Waals surface area contributed by atoms with Crippen molar-refractivity contribution in [1.29, 1.82) is 0 Å². The van der Waals surface area contributed by atoms with E-state index in [-0.39, 0.29) is 35.7 Å². The third-order valence-corrected chi connectivity index (χ3v) is 6.81. The molecule has 34 heavy (non-hydrogen) atoms. The predicted molar refractivity (Wildman–Crippen MR) is 130 cm³/mol. The molecule has 3 unspecified atom stereocenters. The van der Waals surface area contributed by atoms with Crippen LogP contribution in [-0.2, 0) is 16.0 Å². The van der Waals surface area contributed by atoms with E-state index in [1.54, 1.807) is 6.07 Å². The van der Waals surface area contributed by atoms with Crippen LogP contribution < -0.4 is 4.74 Å². The highest BCUT2D eigenvalue weighted by Gasteiger charge is 2.39. The van der Waals surface area contributed by atoms with Crippen LogP contribution in [0.4, 0.5) is 4.79 Å². The maximum absolute atomic E-state index is 13.3. The summed E-state index contributed by atoms with van der Waals surface area (Å²) in [5.74, 6) is 0.0744. The van der Waals surface area contributed by atoms with Gasteiger partial charge in [0.05, 0.1) is 11.7 Å². The summed E-state index contributed by atoms with van der Waals surface area (Å²) < 4.78 is 16.1. The van der Waals surface area contributed by atoms with Crippen LogP contribution in [0.1, 0.15) is 42.5 Å². The second kappa shape index (κ2) is 11.3. The maximum Gasteiger partial charge on any atom is 0.416 e. The zero-order valence-electron chi connectivity index (χ0n) is 18.9. The topological polar surface area (TPSA) is 81.9 Å². The standard InChI is InChI=1S/C26H27BrN2O5/c1-2-20(27)16-32-22-10-8-19(9-11-22)23(24-12-13-34-28-24)15-25(30)29-21(17-33-26(29)31)14-18-6-4-3-5-7-18/h3-13,20-21,23H,2,14-17H2,1H3. The minimum absolute atomic E-state index is 0.0619. The molecule has 1 aliphatic heterocycles. The van der Waals surface area contributed by atoms with Crippen molar-refractivity contribution in [2.75, 3.05) is 13.2 Å². The van der Waals surface area contributed by atoms with E-state index in [1.807, 2.05) is 54.6 Å². The van der Waals surface area contributed by atoms with Gasteiger partial charge in [-0.3, -0.25) is 4.79 Å². The summed E-state index contributed by atoms with van der Waals surface area (Å²) in [5, 5.41) is 4.07. The van der Waals surface area contributed by atoms with Crippen LogP contribution >= 0.6 is 15.9 Å². The fourth-order valence-electron chi connectivity index (χ4n) is 3.97. The SMILES string of the molecule is CCC(Br)COc1ccc(C(CC(=O)N2C(=O)OCC2Cc2ccccc2)c2ccon2)cc1. The number of aromatic nitrogens is 1. The van der Waals surface area contributed by atoms with Gasteiger partial charge in [0.15, 0.2) is 0 Å². The van der Waals surface area contributed by atoms with E-state index in [9.17, 15) is 9.59 Å². The highest BCUT2D eigenvalue weighted by molar-refractivity contribution is 9.09. The van der Waals surface area contributed by atoms with Gasteiger partial charge in [0.25, 0.3) is 0 Å². The minimum Gasteiger partial charge on any atom is -0.492 e. The summed E-state index contributed by atoms with van der Waals surface area (Å²) in [6.07, 6.45) is 2.46. The first-order valence-corrected chi connectivity index (χ1v) is 12.3. The number of nitrogens with zero attached hydrogens (tertiary/aromatic N) is 2. The second-order valence-corrected chi connectivity index (χ2v) is 9.55. The molecular formula is C26H27BrN2O5. The zero-order valence-corrected chi connectivity index (χ0v) is 20.5. The van der Waals surface area contributed by atoms with Gasteiger partial charge in [0.2, 0.25) is 5.91 Å². The lowest BCUT2D eigenvalue weighted by molar-refractivity contribution is -0.129. The number of carbonyl (C=O) groups excluding carboxylic acids is 2. The average molecular weight is 527 g/mol. The minimum atomic E-state index is -0.603. The van der Waals surface area contributed by atoms with E-state index in [0.29, 0.717) is 18.7 Å². The Morgan fingerprint density at radius 3 is 2.62 bits per heavy atom. The van der Waals surface area contributed by atoms with Gasteiger partial charge in [0.1, 0.15) is 25.2 Å².